The average Bonchev–Trinajstić information content (AvgIpc) is 3.34. The van der Waals surface area contributed by atoms with Crippen LogP contribution in [-0.4, -0.2) is 25.2 Å². The fourth-order valence-corrected chi connectivity index (χ4v) is 3.77. The molecule has 0 unspecified atom stereocenters. The lowest BCUT2D eigenvalue weighted by Gasteiger charge is -2.12. The van der Waals surface area contributed by atoms with Crippen LogP contribution in [0.15, 0.2) is 75.4 Å². The first-order valence-electron chi connectivity index (χ1n) is 8.48. The van der Waals surface area contributed by atoms with Crippen molar-refractivity contribution in [3.05, 3.63) is 82.9 Å². The Labute approximate surface area is 163 Å². The molecular formula is C20H14BrN5O. The van der Waals surface area contributed by atoms with Crippen LogP contribution in [0.5, 0.6) is 0 Å². The molecule has 1 atom stereocenters. The minimum Gasteiger partial charge on any atom is -0.442 e. The largest absolute Gasteiger partial charge is 0.442 e. The van der Waals surface area contributed by atoms with E-state index in [-0.39, 0.29) is 6.04 Å². The van der Waals surface area contributed by atoms with Crippen molar-refractivity contribution in [2.45, 2.75) is 13.0 Å². The van der Waals surface area contributed by atoms with Crippen LogP contribution in [0.1, 0.15) is 29.9 Å². The lowest BCUT2D eigenvalue weighted by atomic mass is 10.0. The molecule has 0 saturated carbocycles. The molecule has 0 aliphatic carbocycles. The highest BCUT2D eigenvalue weighted by atomic mass is 79.9. The van der Waals surface area contributed by atoms with E-state index in [1.165, 1.54) is 6.39 Å². The zero-order chi connectivity index (χ0) is 18.4. The van der Waals surface area contributed by atoms with E-state index in [1.54, 1.807) is 12.4 Å². The molecule has 1 aliphatic heterocycles. The van der Waals surface area contributed by atoms with Crippen molar-refractivity contribution in [1.29, 1.82) is 0 Å². The zero-order valence-corrected chi connectivity index (χ0v) is 16.0. The second-order valence-electron chi connectivity index (χ2n) is 6.24. The smallest absolute Gasteiger partial charge is 0.181 e. The van der Waals surface area contributed by atoms with Gasteiger partial charge in [0.2, 0.25) is 0 Å². The van der Waals surface area contributed by atoms with Crippen molar-refractivity contribution in [2.75, 3.05) is 0 Å². The molecule has 1 aliphatic rings. The summed E-state index contributed by atoms with van der Waals surface area (Å²) < 4.78 is 8.55. The maximum atomic E-state index is 5.50. The average molecular weight is 420 g/mol. The van der Waals surface area contributed by atoms with Gasteiger partial charge in [-0.05, 0) is 37.3 Å². The van der Waals surface area contributed by atoms with E-state index in [0.29, 0.717) is 5.76 Å². The fraction of sp³-hybridized carbons (Fsp3) is 0.100. The molecule has 132 valence electrons. The topological polar surface area (TPSA) is 69.1 Å². The third-order valence-corrected chi connectivity index (χ3v) is 5.06. The number of hydrogen-bond donors (Lipinski definition) is 0. The van der Waals surface area contributed by atoms with Crippen LogP contribution in [0.2, 0.25) is 0 Å². The molecule has 7 heteroatoms. The van der Waals surface area contributed by atoms with E-state index in [0.717, 1.165) is 38.5 Å². The van der Waals surface area contributed by atoms with Crippen molar-refractivity contribution >= 4 is 21.6 Å². The molecule has 0 amide bonds. The number of imidazole rings is 1. The summed E-state index contributed by atoms with van der Waals surface area (Å²) in [6.07, 6.45) is 6.68. The van der Waals surface area contributed by atoms with Crippen LogP contribution in [0.3, 0.4) is 0 Å². The fourth-order valence-electron chi connectivity index (χ4n) is 3.41. The van der Waals surface area contributed by atoms with E-state index < -0.39 is 0 Å². The normalized spacial score (nSPS) is 15.6. The lowest BCUT2D eigenvalue weighted by molar-refractivity contribution is 0.568. The summed E-state index contributed by atoms with van der Waals surface area (Å²) in [6, 6.07) is 11.9. The highest BCUT2D eigenvalue weighted by Gasteiger charge is 2.27. The van der Waals surface area contributed by atoms with Crippen molar-refractivity contribution in [3.8, 4) is 17.1 Å². The van der Waals surface area contributed by atoms with Gasteiger partial charge in [0.1, 0.15) is 12.0 Å². The van der Waals surface area contributed by atoms with Gasteiger partial charge in [-0.25, -0.2) is 9.97 Å². The molecule has 0 spiro atoms. The zero-order valence-electron chi connectivity index (χ0n) is 14.4. The van der Waals surface area contributed by atoms with Crippen LogP contribution in [0.4, 0.5) is 0 Å². The van der Waals surface area contributed by atoms with Gasteiger partial charge in [0.05, 0.1) is 35.0 Å². The van der Waals surface area contributed by atoms with Gasteiger partial charge in [0, 0.05) is 16.2 Å². The minimum absolute atomic E-state index is 0.143. The number of rotatable bonds is 2. The highest BCUT2D eigenvalue weighted by Crippen LogP contribution is 2.36. The number of fused-ring (bicyclic) bond motifs is 3. The second kappa shape index (κ2) is 6.28. The Morgan fingerprint density at radius 1 is 1.15 bits per heavy atom. The Balaban J connectivity index is 1.81. The molecule has 0 fully saturated rings. The van der Waals surface area contributed by atoms with Crippen molar-refractivity contribution in [3.63, 3.8) is 0 Å². The molecule has 5 rings (SSSR count). The molecule has 4 heterocycles. The lowest BCUT2D eigenvalue weighted by Crippen LogP contribution is -2.08. The maximum absolute atomic E-state index is 5.50. The number of aliphatic imine (C=N–C) groups is 1. The monoisotopic (exact) mass is 419 g/mol. The summed E-state index contributed by atoms with van der Waals surface area (Å²) in [5, 5.41) is 0. The summed E-state index contributed by atoms with van der Waals surface area (Å²) in [5.74, 6) is 0.630. The van der Waals surface area contributed by atoms with Gasteiger partial charge in [-0.15, -0.1) is 0 Å². The summed E-state index contributed by atoms with van der Waals surface area (Å²) in [5.41, 5.74) is 5.40. The van der Waals surface area contributed by atoms with Crippen LogP contribution in [-0.2, 0) is 0 Å². The Hall–Kier alpha value is -3.06. The van der Waals surface area contributed by atoms with Crippen LogP contribution in [0, 0.1) is 0 Å². The quantitative estimate of drug-likeness (QED) is 0.476. The van der Waals surface area contributed by atoms with Crippen molar-refractivity contribution < 1.29 is 4.42 Å². The Morgan fingerprint density at radius 3 is 2.85 bits per heavy atom. The summed E-state index contributed by atoms with van der Waals surface area (Å²) in [4.78, 5) is 18.2. The van der Waals surface area contributed by atoms with E-state index in [1.807, 2.05) is 30.6 Å². The first-order chi connectivity index (χ1) is 13.2. The molecule has 6 nitrogen and oxygen atoms in total. The molecule has 1 aromatic carbocycles. The van der Waals surface area contributed by atoms with Crippen LogP contribution < -0.4 is 0 Å². The maximum Gasteiger partial charge on any atom is 0.181 e. The minimum atomic E-state index is -0.143. The van der Waals surface area contributed by atoms with Gasteiger partial charge >= 0.3 is 0 Å². The first-order valence-corrected chi connectivity index (χ1v) is 9.27. The molecule has 0 bridgehead atoms. The van der Waals surface area contributed by atoms with Gasteiger partial charge < -0.3 is 4.42 Å². The standard InChI is InChI=1S/C20H14BrN5O/c1-12-20-19(17-9-22-11-27-17)24-10-26(20)16-6-5-13(21)8-14(16)18(25-12)15-4-2-3-7-23-15/h2-12H,1H3/t12-/m0/s1. The van der Waals surface area contributed by atoms with E-state index in [2.05, 4.69) is 54.5 Å². The Bertz CT molecular complexity index is 1150. The van der Waals surface area contributed by atoms with Gasteiger partial charge in [0.25, 0.3) is 0 Å². The number of aromatic nitrogens is 4. The third kappa shape index (κ3) is 2.62. The molecule has 3 aromatic heterocycles. The number of hydrogen-bond acceptors (Lipinski definition) is 5. The molecule has 4 aromatic rings. The SMILES string of the molecule is C[C@@H]1N=C(c2ccccn2)c2cc(Br)ccc2-n2cnc(-c3cnco3)c21. The molecule has 27 heavy (non-hydrogen) atoms. The van der Waals surface area contributed by atoms with Crippen molar-refractivity contribution in [1.82, 2.24) is 19.5 Å². The summed E-state index contributed by atoms with van der Waals surface area (Å²) in [7, 11) is 0. The molecule has 0 N–H and O–H groups in total. The molecular weight excluding hydrogens is 406 g/mol. The van der Waals surface area contributed by atoms with Crippen LogP contribution in [0.25, 0.3) is 17.1 Å². The number of nitrogens with zero attached hydrogens (tertiary/aromatic N) is 5. The van der Waals surface area contributed by atoms with E-state index in [4.69, 9.17) is 9.41 Å². The Kier molecular flexibility index (Phi) is 3.75. The van der Waals surface area contributed by atoms with Gasteiger partial charge in [-0.2, -0.15) is 0 Å². The van der Waals surface area contributed by atoms with Crippen molar-refractivity contribution in [2.24, 2.45) is 4.99 Å². The second-order valence-corrected chi connectivity index (χ2v) is 7.16. The van der Waals surface area contributed by atoms with Gasteiger partial charge in [0.15, 0.2) is 12.2 Å². The number of halogens is 1. The Morgan fingerprint density at radius 2 is 2.07 bits per heavy atom. The number of oxazole rings is 1. The summed E-state index contributed by atoms with van der Waals surface area (Å²) >= 11 is 3.58. The number of pyridine rings is 1. The van der Waals surface area contributed by atoms with Crippen LogP contribution >= 0.6 is 15.9 Å². The predicted octanol–water partition coefficient (Wildman–Crippen LogP) is 4.60. The predicted molar refractivity (Wildman–Crippen MR) is 105 cm³/mol. The molecule has 0 radical (unpaired) electrons. The first kappa shape index (κ1) is 16.1. The third-order valence-electron chi connectivity index (χ3n) is 4.57. The van der Waals surface area contributed by atoms with E-state index >= 15 is 0 Å². The van der Waals surface area contributed by atoms with E-state index in [9.17, 15) is 0 Å². The number of benzene rings is 1. The summed E-state index contributed by atoms with van der Waals surface area (Å²) in [6.45, 7) is 2.05. The highest BCUT2D eigenvalue weighted by molar-refractivity contribution is 9.10. The molecule has 0 saturated heterocycles. The van der Waals surface area contributed by atoms with Gasteiger partial charge in [-0.3, -0.25) is 14.5 Å². The van der Waals surface area contributed by atoms with Gasteiger partial charge in [-0.1, -0.05) is 22.0 Å².